The number of amides is 1. The number of benzene rings is 1. The molecule has 2 aliphatic heterocycles. The Balaban J connectivity index is 1.46. The van der Waals surface area contributed by atoms with Crippen molar-refractivity contribution in [1.29, 1.82) is 0 Å². The number of aliphatic hydroxyl groups excluding tert-OH is 5. The number of aliphatic hydroxyl groups is 5. The van der Waals surface area contributed by atoms with E-state index in [1.165, 1.54) is 6.92 Å². The molecule has 1 fully saturated rings. The van der Waals surface area contributed by atoms with Crippen molar-refractivity contribution in [3.05, 3.63) is 42.2 Å². The molecule has 3 rings (SSSR count). The summed E-state index contributed by atoms with van der Waals surface area (Å²) in [5.74, 6) is -0.294. The molecule has 0 spiro atoms. The zero-order chi connectivity index (χ0) is 36.7. The lowest BCUT2D eigenvalue weighted by Gasteiger charge is -2.41. The summed E-state index contributed by atoms with van der Waals surface area (Å²) in [5.41, 5.74) is 0.695. The molecule has 0 bridgehead atoms. The summed E-state index contributed by atoms with van der Waals surface area (Å²) >= 11 is 0. The lowest BCUT2D eigenvalue weighted by molar-refractivity contribution is -0.308. The molecule has 1 aromatic rings. The number of ether oxygens (including phenoxy) is 3. The number of unbranched alkanes of at least 4 members (excludes halogenated alkanes) is 7. The van der Waals surface area contributed by atoms with Crippen LogP contribution in [0.25, 0.3) is 0 Å². The number of phosphoric ester groups is 1. The number of carbonyl (C=O) groups excluding carboxylic acids is 1. The van der Waals surface area contributed by atoms with Crippen LogP contribution in [0.15, 0.2) is 36.7 Å². The first-order valence-electron chi connectivity index (χ1n) is 17.5. The predicted molar refractivity (Wildman–Crippen MR) is 179 cm³/mol. The minimum Gasteiger partial charge on any atom is -0.404 e. The Labute approximate surface area is 293 Å². The zero-order valence-corrected chi connectivity index (χ0v) is 29.8. The fourth-order valence-corrected chi connectivity index (χ4v) is 6.87. The van der Waals surface area contributed by atoms with Crippen LogP contribution >= 0.6 is 7.82 Å². The number of carbonyl (C=O) groups is 1. The maximum Gasteiger partial charge on any atom is 0.532 e. The quantitative estimate of drug-likeness (QED) is 0.0537. The van der Waals surface area contributed by atoms with Crippen LogP contribution in [0, 0.1) is 0 Å². The molecule has 10 atom stereocenters. The Hall–Kier alpha value is -2.01. The smallest absolute Gasteiger partial charge is 0.404 e. The molecule has 0 aromatic heterocycles. The van der Waals surface area contributed by atoms with E-state index in [4.69, 9.17) is 27.8 Å². The standard InChI is InChI=1S/C34H55FNO13P/c1-4-26(37)30(39)25(36-29(38)18-12-10-8-6-5-7-9-11-15-22(2)35)20-45-34-33(42)32(41)31(40)28(47-34)21-44-23(3)48-50(43)46-19-24-16-13-14-17-27(24)49-50/h13-14,16-17,23,25-26,28,30-34,37,39-42H,2,4-12,15,18-21H2,1,3H3,(H,36,38)/t23?,25-,26+,28?,30-,31?,32?,33?,34?,50?/m0/s1. The maximum absolute atomic E-state index is 13.0. The maximum atomic E-state index is 13.0. The molecule has 14 nitrogen and oxygen atoms in total. The molecule has 2 heterocycles. The third kappa shape index (κ3) is 13.8. The van der Waals surface area contributed by atoms with E-state index in [2.05, 4.69) is 11.9 Å². The fourth-order valence-electron chi connectivity index (χ4n) is 5.57. The van der Waals surface area contributed by atoms with E-state index in [1.807, 2.05) is 0 Å². The van der Waals surface area contributed by atoms with Crippen LogP contribution in [0.3, 0.4) is 0 Å². The van der Waals surface area contributed by atoms with Gasteiger partial charge in [0, 0.05) is 12.0 Å². The first kappa shape index (κ1) is 42.4. The molecule has 50 heavy (non-hydrogen) atoms. The van der Waals surface area contributed by atoms with E-state index in [0.29, 0.717) is 24.2 Å². The molecule has 1 saturated heterocycles. The summed E-state index contributed by atoms with van der Waals surface area (Å²) in [6.45, 7) is 5.55. The second-order valence-electron chi connectivity index (χ2n) is 12.8. The second kappa shape index (κ2) is 21.5. The van der Waals surface area contributed by atoms with Crippen LogP contribution < -0.4 is 9.84 Å². The van der Waals surface area contributed by atoms with Gasteiger partial charge in [-0.1, -0.05) is 70.2 Å². The topological polar surface area (TPSA) is 203 Å². The van der Waals surface area contributed by atoms with Gasteiger partial charge < -0.3 is 49.6 Å². The van der Waals surface area contributed by atoms with Crippen LogP contribution in [0.5, 0.6) is 5.75 Å². The van der Waals surface area contributed by atoms with Gasteiger partial charge in [0.15, 0.2) is 12.6 Å². The monoisotopic (exact) mass is 735 g/mol. The van der Waals surface area contributed by atoms with E-state index in [0.717, 1.165) is 44.9 Å². The van der Waals surface area contributed by atoms with Crippen LogP contribution in [0.2, 0.25) is 0 Å². The van der Waals surface area contributed by atoms with E-state index < -0.39 is 76.3 Å². The molecule has 286 valence electrons. The molecule has 6 N–H and O–H groups in total. The van der Waals surface area contributed by atoms with Crippen molar-refractivity contribution < 1.29 is 67.1 Å². The lowest BCUT2D eigenvalue weighted by Crippen LogP contribution is -2.60. The number of allylic oxidation sites excluding steroid dienone is 1. The summed E-state index contributed by atoms with van der Waals surface area (Å²) in [7, 11) is -4.03. The van der Waals surface area contributed by atoms with Gasteiger partial charge in [-0.3, -0.25) is 9.32 Å². The van der Waals surface area contributed by atoms with Crippen LogP contribution in [0.4, 0.5) is 4.39 Å². The molecule has 0 aliphatic carbocycles. The third-order valence-electron chi connectivity index (χ3n) is 8.62. The molecule has 1 aromatic carbocycles. The summed E-state index contributed by atoms with van der Waals surface area (Å²) in [6, 6.07) is 5.79. The average Bonchev–Trinajstić information content (AvgIpc) is 3.08. The highest BCUT2D eigenvalue weighted by Crippen LogP contribution is 2.55. The number of halogens is 1. The van der Waals surface area contributed by atoms with Crippen molar-refractivity contribution in [1.82, 2.24) is 5.32 Å². The first-order chi connectivity index (χ1) is 23.8. The Morgan fingerprint density at radius 1 is 1.02 bits per heavy atom. The largest absolute Gasteiger partial charge is 0.532 e. The Morgan fingerprint density at radius 2 is 1.66 bits per heavy atom. The molecular weight excluding hydrogens is 680 g/mol. The highest BCUT2D eigenvalue weighted by Gasteiger charge is 2.45. The minimum atomic E-state index is -4.03. The number of fused-ring (bicyclic) bond motifs is 1. The van der Waals surface area contributed by atoms with Crippen molar-refractivity contribution in [3.63, 3.8) is 0 Å². The first-order valence-corrected chi connectivity index (χ1v) is 18.9. The van der Waals surface area contributed by atoms with E-state index in [1.54, 1.807) is 31.2 Å². The lowest BCUT2D eigenvalue weighted by atomic mass is 9.99. The van der Waals surface area contributed by atoms with Gasteiger partial charge in [0.05, 0.1) is 37.8 Å². The average molecular weight is 736 g/mol. The summed E-state index contributed by atoms with van der Waals surface area (Å²) in [5, 5.41) is 55.4. The molecule has 0 saturated carbocycles. The SMILES string of the molecule is C=C(F)CCCCCCCCCCC(=O)N[C@@H](COC1OC(COC(C)OP2(=O)OCc3ccccc3O2)C(O)C(O)C1O)[C@H](O)[C@H](O)CC. The van der Waals surface area contributed by atoms with Crippen molar-refractivity contribution in [3.8, 4) is 5.75 Å². The Bertz CT molecular complexity index is 1230. The molecular formula is C34H55FNO13P. The van der Waals surface area contributed by atoms with Crippen molar-refractivity contribution in [2.45, 2.75) is 146 Å². The molecule has 0 radical (unpaired) electrons. The number of hydrogen-bond donors (Lipinski definition) is 6. The van der Waals surface area contributed by atoms with Gasteiger partial charge >= 0.3 is 7.82 Å². The van der Waals surface area contributed by atoms with Crippen molar-refractivity contribution in [2.75, 3.05) is 13.2 Å². The van der Waals surface area contributed by atoms with Gasteiger partial charge in [-0.25, -0.2) is 13.5 Å². The van der Waals surface area contributed by atoms with Crippen LogP contribution in [-0.4, -0.2) is 99.9 Å². The summed E-state index contributed by atoms with van der Waals surface area (Å²) in [6.07, 6.45) is -3.54. The normalized spacial score (nSPS) is 27.4. The highest BCUT2D eigenvalue weighted by molar-refractivity contribution is 7.49. The summed E-state index contributed by atoms with van der Waals surface area (Å²) in [4.78, 5) is 12.8. The number of nitrogens with one attached hydrogen (secondary N) is 1. The van der Waals surface area contributed by atoms with Crippen LogP contribution in [-0.2, 0) is 39.2 Å². The number of hydrogen-bond acceptors (Lipinski definition) is 13. The van der Waals surface area contributed by atoms with Gasteiger partial charge in [-0.15, -0.1) is 0 Å². The minimum absolute atomic E-state index is 0.00183. The highest BCUT2D eigenvalue weighted by atomic mass is 31.2. The Morgan fingerprint density at radius 3 is 2.32 bits per heavy atom. The molecule has 16 heteroatoms. The zero-order valence-electron chi connectivity index (χ0n) is 28.9. The van der Waals surface area contributed by atoms with Crippen LogP contribution in [0.1, 0.15) is 90.0 Å². The van der Waals surface area contributed by atoms with Gasteiger partial charge in [0.1, 0.15) is 36.3 Å². The molecule has 1 amide bonds. The van der Waals surface area contributed by atoms with Gasteiger partial charge in [0.25, 0.3) is 0 Å². The Kier molecular flexibility index (Phi) is 18.2. The number of para-hydroxylation sites is 1. The predicted octanol–water partition coefficient (Wildman–Crippen LogP) is 3.91. The second-order valence-corrected chi connectivity index (χ2v) is 14.3. The fraction of sp³-hybridized carbons (Fsp3) is 0.735. The molecule has 7 unspecified atom stereocenters. The van der Waals surface area contributed by atoms with E-state index >= 15 is 0 Å². The van der Waals surface area contributed by atoms with Crippen molar-refractivity contribution in [2.24, 2.45) is 0 Å². The van der Waals surface area contributed by atoms with E-state index in [-0.39, 0.29) is 31.2 Å². The molecule has 2 aliphatic rings. The number of phosphoric acid groups is 1. The van der Waals surface area contributed by atoms with Gasteiger partial charge in [-0.05, 0) is 38.7 Å². The number of rotatable bonds is 23. The van der Waals surface area contributed by atoms with Crippen molar-refractivity contribution >= 4 is 13.7 Å². The van der Waals surface area contributed by atoms with Gasteiger partial charge in [0.2, 0.25) is 5.91 Å². The van der Waals surface area contributed by atoms with E-state index in [9.17, 15) is 39.3 Å². The summed E-state index contributed by atoms with van der Waals surface area (Å²) < 4.78 is 58.7. The van der Waals surface area contributed by atoms with Gasteiger partial charge in [-0.2, -0.15) is 0 Å². The third-order valence-corrected chi connectivity index (χ3v) is 10.0.